The molecule has 0 N–H and O–H groups in total. The number of nitriles is 1. The molecule has 1 aromatic carbocycles. The Balaban J connectivity index is 1.27. The summed E-state index contributed by atoms with van der Waals surface area (Å²) in [6.45, 7) is 3.19. The molecule has 2 aliphatic rings. The van der Waals surface area contributed by atoms with Crippen LogP contribution in [0.1, 0.15) is 101 Å². The Morgan fingerprint density at radius 2 is 1.73 bits per heavy atom. The Morgan fingerprint density at radius 1 is 1.03 bits per heavy atom. The monoisotopic (exact) mass is 451 g/mol. The van der Waals surface area contributed by atoms with Crippen molar-refractivity contribution >= 4 is 0 Å². The zero-order chi connectivity index (χ0) is 23.3. The Morgan fingerprint density at radius 3 is 2.39 bits per heavy atom. The summed E-state index contributed by atoms with van der Waals surface area (Å²) >= 11 is 0. The topological polar surface area (TPSA) is 33.0 Å². The van der Waals surface area contributed by atoms with Crippen LogP contribution in [0, 0.1) is 23.2 Å². The highest BCUT2D eigenvalue weighted by molar-refractivity contribution is 5.26. The molecular weight excluding hydrogens is 409 g/mol. The Kier molecular flexibility index (Phi) is 11.2. The number of allylic oxidation sites excluding steroid dienone is 4. The molecule has 33 heavy (non-hydrogen) atoms. The molecule has 0 aromatic heterocycles. The average molecular weight is 452 g/mol. The van der Waals surface area contributed by atoms with E-state index in [2.05, 4.69) is 31.2 Å². The lowest BCUT2D eigenvalue weighted by Gasteiger charge is -2.32. The van der Waals surface area contributed by atoms with Crippen LogP contribution in [0.25, 0.3) is 0 Å². The minimum Gasteiger partial charge on any atom is -0.378 e. The van der Waals surface area contributed by atoms with E-state index in [4.69, 9.17) is 10.00 Å². The summed E-state index contributed by atoms with van der Waals surface area (Å²) in [6, 6.07) is 10.9. The van der Waals surface area contributed by atoms with Crippen molar-refractivity contribution in [3.63, 3.8) is 0 Å². The highest BCUT2D eigenvalue weighted by Crippen LogP contribution is 2.36. The van der Waals surface area contributed by atoms with Crippen molar-refractivity contribution in [2.75, 3.05) is 6.61 Å². The van der Waals surface area contributed by atoms with E-state index in [-0.39, 0.29) is 0 Å². The van der Waals surface area contributed by atoms with E-state index in [1.54, 1.807) is 6.08 Å². The van der Waals surface area contributed by atoms with Crippen LogP contribution < -0.4 is 0 Å². The van der Waals surface area contributed by atoms with Gasteiger partial charge in [0.15, 0.2) is 5.83 Å². The lowest BCUT2D eigenvalue weighted by Crippen LogP contribution is -2.25. The first-order valence-corrected chi connectivity index (χ1v) is 13.3. The van der Waals surface area contributed by atoms with Gasteiger partial charge in [0.2, 0.25) is 0 Å². The molecule has 0 aliphatic heterocycles. The minimum absolute atomic E-state index is 0.454. The van der Waals surface area contributed by atoms with Crippen molar-refractivity contribution in [1.82, 2.24) is 0 Å². The fraction of sp³-hybridized carbons (Fsp3) is 0.633. The minimum atomic E-state index is -0.725. The number of halogens is 1. The highest BCUT2D eigenvalue weighted by Gasteiger charge is 2.25. The maximum Gasteiger partial charge on any atom is 0.199 e. The third kappa shape index (κ3) is 9.09. The van der Waals surface area contributed by atoms with Crippen LogP contribution in [0.15, 0.2) is 48.3 Å². The predicted molar refractivity (Wildman–Crippen MR) is 135 cm³/mol. The van der Waals surface area contributed by atoms with Crippen LogP contribution in [-0.4, -0.2) is 12.7 Å². The number of unbranched alkanes of at least 4 members (excludes halogenated alkanes) is 1. The van der Waals surface area contributed by atoms with Crippen molar-refractivity contribution in [3.8, 4) is 6.07 Å². The molecule has 0 heterocycles. The molecule has 3 heteroatoms. The maximum atomic E-state index is 12.7. The number of ether oxygens (including phenoxy) is 1. The van der Waals surface area contributed by atoms with Crippen molar-refractivity contribution in [2.45, 2.75) is 102 Å². The predicted octanol–water partition coefficient (Wildman–Crippen LogP) is 8.59. The summed E-state index contributed by atoms with van der Waals surface area (Å²) in [6.07, 6.45) is 21.2. The zero-order valence-corrected chi connectivity index (χ0v) is 20.5. The lowest BCUT2D eigenvalue weighted by atomic mass is 9.80. The third-order valence-corrected chi connectivity index (χ3v) is 7.71. The fourth-order valence-electron chi connectivity index (χ4n) is 5.48. The molecule has 180 valence electrons. The molecule has 0 saturated heterocycles. The normalized spacial score (nSPS) is 26.4. The molecular formula is C30H42FNO. The zero-order valence-electron chi connectivity index (χ0n) is 20.5. The molecule has 2 aliphatic carbocycles. The van der Waals surface area contributed by atoms with Gasteiger partial charge in [-0.2, -0.15) is 9.65 Å². The van der Waals surface area contributed by atoms with E-state index >= 15 is 0 Å². The Bertz CT molecular complexity index is 775. The SMILES string of the molecule is CCCCc1ccc([C@H]2CC[C@H](OC[C@H]3CC[C@H](CCC=CC=C(F)C#N)CC3)CC2)cc1. The van der Waals surface area contributed by atoms with Gasteiger partial charge in [0.1, 0.15) is 6.07 Å². The first-order valence-electron chi connectivity index (χ1n) is 13.3. The molecule has 0 amide bonds. The summed E-state index contributed by atoms with van der Waals surface area (Å²) in [5.41, 5.74) is 3.00. The summed E-state index contributed by atoms with van der Waals surface area (Å²) in [5.74, 6) is 1.48. The van der Waals surface area contributed by atoms with Gasteiger partial charge >= 0.3 is 0 Å². The van der Waals surface area contributed by atoms with Crippen LogP contribution in [0.4, 0.5) is 4.39 Å². The number of benzene rings is 1. The second-order valence-electron chi connectivity index (χ2n) is 10.2. The standard InChI is InChI=1S/C30H42FNO/c1-2-3-7-24-14-16-27(17-15-24)28-18-20-30(21-19-28)33-23-26-12-10-25(11-13-26)8-5-4-6-9-29(31)22-32/h4,6,9,14-17,25-26,28,30H,2-3,5,7-8,10-13,18-21,23H2,1H3/t25-,26-,28-,30-. The number of hydrogen-bond donors (Lipinski definition) is 0. The first-order chi connectivity index (χ1) is 16.2. The Hall–Kier alpha value is -1.92. The fourth-order valence-corrected chi connectivity index (χ4v) is 5.48. The van der Waals surface area contributed by atoms with Gasteiger partial charge in [-0.15, -0.1) is 0 Å². The van der Waals surface area contributed by atoms with E-state index in [1.807, 2.05) is 6.08 Å². The van der Waals surface area contributed by atoms with Crippen molar-refractivity contribution in [3.05, 3.63) is 59.4 Å². The summed E-state index contributed by atoms with van der Waals surface area (Å²) in [4.78, 5) is 0. The van der Waals surface area contributed by atoms with Gasteiger partial charge in [-0.25, -0.2) is 0 Å². The molecule has 0 radical (unpaired) electrons. The van der Waals surface area contributed by atoms with Crippen LogP contribution >= 0.6 is 0 Å². The van der Waals surface area contributed by atoms with Gasteiger partial charge in [0.05, 0.1) is 6.10 Å². The van der Waals surface area contributed by atoms with Crippen molar-refractivity contribution < 1.29 is 9.13 Å². The molecule has 3 rings (SSSR count). The van der Waals surface area contributed by atoms with E-state index in [9.17, 15) is 4.39 Å². The van der Waals surface area contributed by atoms with E-state index in [0.29, 0.717) is 12.0 Å². The molecule has 2 fully saturated rings. The van der Waals surface area contributed by atoms with Crippen LogP contribution in [0.3, 0.4) is 0 Å². The largest absolute Gasteiger partial charge is 0.378 e. The first kappa shape index (κ1) is 25.7. The smallest absolute Gasteiger partial charge is 0.199 e. The van der Waals surface area contributed by atoms with Crippen LogP contribution in [-0.2, 0) is 11.2 Å². The summed E-state index contributed by atoms with van der Waals surface area (Å²) < 4.78 is 19.1. The Labute approximate surface area is 200 Å². The van der Waals surface area contributed by atoms with Crippen molar-refractivity contribution in [1.29, 1.82) is 5.26 Å². The summed E-state index contributed by atoms with van der Waals surface area (Å²) in [5, 5.41) is 8.40. The lowest BCUT2D eigenvalue weighted by molar-refractivity contribution is -0.00474. The molecule has 2 saturated carbocycles. The molecule has 0 atom stereocenters. The van der Waals surface area contributed by atoms with Gasteiger partial charge in [-0.1, -0.05) is 62.6 Å². The molecule has 2 nitrogen and oxygen atoms in total. The van der Waals surface area contributed by atoms with Crippen molar-refractivity contribution in [2.24, 2.45) is 11.8 Å². The number of aryl methyl sites for hydroxylation is 1. The second-order valence-corrected chi connectivity index (χ2v) is 10.2. The van der Waals surface area contributed by atoms with Gasteiger partial charge < -0.3 is 4.74 Å². The van der Waals surface area contributed by atoms with Gasteiger partial charge in [-0.05, 0) is 99.2 Å². The van der Waals surface area contributed by atoms with Gasteiger partial charge in [0, 0.05) is 6.61 Å². The third-order valence-electron chi connectivity index (χ3n) is 7.71. The summed E-state index contributed by atoms with van der Waals surface area (Å²) in [7, 11) is 0. The van der Waals surface area contributed by atoms with E-state index < -0.39 is 5.83 Å². The van der Waals surface area contributed by atoms with Gasteiger partial charge in [-0.3, -0.25) is 0 Å². The molecule has 0 unspecified atom stereocenters. The molecule has 1 aromatic rings. The molecule has 0 spiro atoms. The quantitative estimate of drug-likeness (QED) is 0.249. The van der Waals surface area contributed by atoms with Gasteiger partial charge in [0.25, 0.3) is 0 Å². The number of hydrogen-bond acceptors (Lipinski definition) is 2. The number of nitrogens with zero attached hydrogens (tertiary/aromatic N) is 1. The van der Waals surface area contributed by atoms with E-state index in [1.165, 1.54) is 93.9 Å². The maximum absolute atomic E-state index is 12.7. The number of rotatable bonds is 11. The second kappa shape index (κ2) is 14.4. The molecule has 0 bridgehead atoms. The average Bonchev–Trinajstić information content (AvgIpc) is 2.87. The highest BCUT2D eigenvalue weighted by atomic mass is 19.1. The van der Waals surface area contributed by atoms with Crippen LogP contribution in [0.2, 0.25) is 0 Å². The van der Waals surface area contributed by atoms with Crippen LogP contribution in [0.5, 0.6) is 0 Å². The van der Waals surface area contributed by atoms with E-state index in [0.717, 1.165) is 31.3 Å².